The van der Waals surface area contributed by atoms with Crippen LogP contribution in [0, 0.1) is 17.8 Å². The quantitative estimate of drug-likeness (QED) is 0.106. The van der Waals surface area contributed by atoms with Crippen molar-refractivity contribution in [1.82, 2.24) is 20.9 Å². The van der Waals surface area contributed by atoms with Crippen molar-refractivity contribution in [3.05, 3.63) is 96.1 Å². The molecule has 0 fully saturated rings. The van der Waals surface area contributed by atoms with Gasteiger partial charge in [-0.1, -0.05) is 119 Å². The van der Waals surface area contributed by atoms with Crippen molar-refractivity contribution in [2.24, 2.45) is 17.8 Å². The standard InChI is InChI=1S/C41H54N4O4/c1-7-28(4)26-42-38(47)25-37(46)36(22-27(2)3)43-41(49)39(45(5)6)44-40(48)33(23-31-18-12-16-29-14-8-10-20-34(29)31)24-32-19-13-17-30-15-9-11-21-35(30)32/h8-21,27-28,33,36-37,39,46H,7,22-26H2,1-6H3,(H,42,47)(H,43,49)(H,44,48)/t28-,36-,37+,39-/m0/s1. The van der Waals surface area contributed by atoms with E-state index in [4.69, 9.17) is 0 Å². The molecule has 4 aromatic carbocycles. The van der Waals surface area contributed by atoms with Crippen LogP contribution in [-0.4, -0.2) is 66.7 Å². The van der Waals surface area contributed by atoms with Crippen LogP contribution in [0.3, 0.4) is 0 Å². The molecule has 0 spiro atoms. The van der Waals surface area contributed by atoms with Crippen LogP contribution in [0.4, 0.5) is 0 Å². The molecule has 0 bridgehead atoms. The SMILES string of the molecule is CC[C@H](C)CNC(=O)C[C@@H](O)[C@H](CC(C)C)NC(=O)[C@@H](NC(=O)C(Cc1cccc2ccccc12)Cc1cccc2ccccc12)N(C)C. The number of rotatable bonds is 17. The Labute approximate surface area is 291 Å². The molecule has 8 heteroatoms. The van der Waals surface area contributed by atoms with Crippen LogP contribution in [0.25, 0.3) is 21.5 Å². The summed E-state index contributed by atoms with van der Waals surface area (Å²) in [7, 11) is 3.48. The summed E-state index contributed by atoms with van der Waals surface area (Å²) in [5.41, 5.74) is 2.13. The van der Waals surface area contributed by atoms with Gasteiger partial charge < -0.3 is 21.1 Å². The fourth-order valence-corrected chi connectivity index (χ4v) is 6.33. The second kappa shape index (κ2) is 17.9. The Bertz CT molecular complexity index is 1610. The lowest BCUT2D eigenvalue weighted by molar-refractivity contribution is -0.135. The summed E-state index contributed by atoms with van der Waals surface area (Å²) >= 11 is 0. The molecular formula is C41H54N4O4. The molecule has 0 aliphatic rings. The third kappa shape index (κ3) is 10.6. The van der Waals surface area contributed by atoms with Gasteiger partial charge in [0.2, 0.25) is 11.8 Å². The molecule has 4 rings (SSSR count). The number of benzene rings is 4. The molecule has 0 heterocycles. The highest BCUT2D eigenvalue weighted by Crippen LogP contribution is 2.26. The van der Waals surface area contributed by atoms with Gasteiger partial charge in [0.05, 0.1) is 18.6 Å². The smallest absolute Gasteiger partial charge is 0.258 e. The number of aliphatic hydroxyl groups excluding tert-OH is 1. The van der Waals surface area contributed by atoms with E-state index in [0.717, 1.165) is 39.1 Å². The van der Waals surface area contributed by atoms with Crippen molar-refractivity contribution in [2.45, 2.75) is 78.1 Å². The average molecular weight is 667 g/mol. The van der Waals surface area contributed by atoms with E-state index >= 15 is 0 Å². The molecule has 262 valence electrons. The van der Waals surface area contributed by atoms with Crippen LogP contribution >= 0.6 is 0 Å². The molecule has 4 N–H and O–H groups in total. The first-order valence-corrected chi connectivity index (χ1v) is 17.6. The summed E-state index contributed by atoms with van der Waals surface area (Å²) in [4.78, 5) is 42.5. The molecule has 3 amide bonds. The lowest BCUT2D eigenvalue weighted by Gasteiger charge is -2.31. The molecule has 0 aromatic heterocycles. The molecular weight excluding hydrogens is 612 g/mol. The first-order valence-electron chi connectivity index (χ1n) is 17.6. The van der Waals surface area contributed by atoms with E-state index in [2.05, 4.69) is 78.3 Å². The van der Waals surface area contributed by atoms with Crippen molar-refractivity contribution in [3.8, 4) is 0 Å². The van der Waals surface area contributed by atoms with E-state index < -0.39 is 30.1 Å². The number of carbonyl (C=O) groups excluding carboxylic acids is 3. The van der Waals surface area contributed by atoms with Gasteiger partial charge in [-0.25, -0.2) is 0 Å². The van der Waals surface area contributed by atoms with E-state index in [-0.39, 0.29) is 24.2 Å². The Hall–Kier alpha value is -4.27. The molecule has 4 aromatic rings. The van der Waals surface area contributed by atoms with E-state index in [1.165, 1.54) is 0 Å². The largest absolute Gasteiger partial charge is 0.390 e. The zero-order chi connectivity index (χ0) is 35.5. The fourth-order valence-electron chi connectivity index (χ4n) is 6.33. The minimum absolute atomic E-state index is 0.120. The summed E-state index contributed by atoms with van der Waals surface area (Å²) in [5, 5.41) is 24.4. The van der Waals surface area contributed by atoms with Gasteiger partial charge in [0.25, 0.3) is 5.91 Å². The minimum Gasteiger partial charge on any atom is -0.390 e. The molecule has 4 atom stereocenters. The van der Waals surface area contributed by atoms with Gasteiger partial charge in [0.15, 0.2) is 6.17 Å². The van der Waals surface area contributed by atoms with Crippen LogP contribution < -0.4 is 16.0 Å². The lowest BCUT2D eigenvalue weighted by Crippen LogP contribution is -2.59. The summed E-state index contributed by atoms with van der Waals surface area (Å²) in [6, 6.07) is 28.0. The number of fused-ring (bicyclic) bond motifs is 2. The molecule has 0 radical (unpaired) electrons. The topological polar surface area (TPSA) is 111 Å². The Morgan fingerprint density at radius 2 is 1.27 bits per heavy atom. The predicted molar refractivity (Wildman–Crippen MR) is 199 cm³/mol. The van der Waals surface area contributed by atoms with Gasteiger partial charge in [-0.2, -0.15) is 0 Å². The second-order valence-corrected chi connectivity index (χ2v) is 14.1. The molecule has 0 saturated carbocycles. The Balaban J connectivity index is 1.57. The van der Waals surface area contributed by atoms with Crippen molar-refractivity contribution in [1.29, 1.82) is 0 Å². The zero-order valence-electron chi connectivity index (χ0n) is 29.9. The lowest BCUT2D eigenvalue weighted by atomic mass is 9.88. The van der Waals surface area contributed by atoms with Gasteiger partial charge in [-0.3, -0.25) is 19.3 Å². The van der Waals surface area contributed by atoms with Crippen molar-refractivity contribution in [2.75, 3.05) is 20.6 Å². The highest BCUT2D eigenvalue weighted by molar-refractivity contribution is 5.91. The number of likely N-dealkylation sites (N-methyl/N-ethyl adjacent to an activating group) is 1. The number of nitrogens with one attached hydrogen (secondary N) is 3. The second-order valence-electron chi connectivity index (χ2n) is 14.1. The Morgan fingerprint density at radius 1 is 0.735 bits per heavy atom. The third-order valence-corrected chi connectivity index (χ3v) is 9.36. The number of amides is 3. The zero-order valence-corrected chi connectivity index (χ0v) is 29.9. The molecule has 8 nitrogen and oxygen atoms in total. The van der Waals surface area contributed by atoms with Crippen molar-refractivity contribution < 1.29 is 19.5 Å². The van der Waals surface area contributed by atoms with Gasteiger partial charge in [0.1, 0.15) is 0 Å². The summed E-state index contributed by atoms with van der Waals surface area (Å²) in [6.45, 7) is 8.67. The molecule has 0 aliphatic carbocycles. The number of carbonyl (C=O) groups is 3. The average Bonchev–Trinajstić information content (AvgIpc) is 3.08. The van der Waals surface area contributed by atoms with Crippen LogP contribution in [0.1, 0.15) is 58.1 Å². The minimum atomic E-state index is -1.08. The highest BCUT2D eigenvalue weighted by atomic mass is 16.3. The van der Waals surface area contributed by atoms with Gasteiger partial charge in [0, 0.05) is 12.5 Å². The molecule has 0 aliphatic heterocycles. The predicted octanol–water partition coefficient (Wildman–Crippen LogP) is 5.84. The maximum Gasteiger partial charge on any atom is 0.258 e. The normalized spacial score (nSPS) is 14.2. The van der Waals surface area contributed by atoms with E-state index in [1.54, 1.807) is 19.0 Å². The number of hydrogen-bond donors (Lipinski definition) is 4. The Morgan fingerprint density at radius 3 is 1.78 bits per heavy atom. The molecule has 49 heavy (non-hydrogen) atoms. The number of nitrogens with zero attached hydrogens (tertiary/aromatic N) is 1. The van der Waals surface area contributed by atoms with E-state index in [0.29, 0.717) is 31.7 Å². The van der Waals surface area contributed by atoms with Crippen molar-refractivity contribution in [3.63, 3.8) is 0 Å². The monoisotopic (exact) mass is 666 g/mol. The number of hydrogen-bond acceptors (Lipinski definition) is 5. The maximum absolute atomic E-state index is 14.3. The van der Waals surface area contributed by atoms with Crippen molar-refractivity contribution >= 4 is 39.3 Å². The summed E-state index contributed by atoms with van der Waals surface area (Å²) < 4.78 is 0. The van der Waals surface area contributed by atoms with Crippen LogP contribution in [-0.2, 0) is 27.2 Å². The third-order valence-electron chi connectivity index (χ3n) is 9.36. The molecule has 0 saturated heterocycles. The maximum atomic E-state index is 14.3. The van der Waals surface area contributed by atoms with Crippen LogP contribution in [0.15, 0.2) is 84.9 Å². The molecule has 0 unspecified atom stereocenters. The fraction of sp³-hybridized carbons (Fsp3) is 0.439. The van der Waals surface area contributed by atoms with E-state index in [1.807, 2.05) is 50.2 Å². The summed E-state index contributed by atoms with van der Waals surface area (Å²) in [5.74, 6) is -0.906. The van der Waals surface area contributed by atoms with Crippen LogP contribution in [0.5, 0.6) is 0 Å². The summed E-state index contributed by atoms with van der Waals surface area (Å²) in [6.07, 6.45) is 0.202. The number of aliphatic hydroxyl groups is 1. The van der Waals surface area contributed by atoms with Gasteiger partial charge in [-0.05, 0) is 77.9 Å². The van der Waals surface area contributed by atoms with Crippen LogP contribution in [0.2, 0.25) is 0 Å². The highest BCUT2D eigenvalue weighted by Gasteiger charge is 2.32. The first kappa shape index (κ1) is 37.5. The van der Waals surface area contributed by atoms with E-state index in [9.17, 15) is 19.5 Å². The Kier molecular flexibility index (Phi) is 13.7. The van der Waals surface area contributed by atoms with Gasteiger partial charge >= 0.3 is 0 Å². The first-order chi connectivity index (χ1) is 23.5. The van der Waals surface area contributed by atoms with Gasteiger partial charge in [-0.15, -0.1) is 0 Å².